The van der Waals surface area contributed by atoms with Gasteiger partial charge in [0.2, 0.25) is 0 Å². The first-order valence-electron chi connectivity index (χ1n) is 24.9. The quantitative estimate of drug-likeness (QED) is 0.151. The maximum atomic E-state index is 11.8. The van der Waals surface area contributed by atoms with Gasteiger partial charge < -0.3 is 14.6 Å². The molecule has 72 heavy (non-hydrogen) atoms. The fourth-order valence-corrected chi connectivity index (χ4v) is 10.1. The predicted octanol–water partition coefficient (Wildman–Crippen LogP) is 18.3. The zero-order chi connectivity index (χ0) is 49.9. The molecule has 0 radical (unpaired) electrons. The minimum absolute atomic E-state index is 0. The molecule has 0 aliphatic heterocycles. The first-order valence-corrected chi connectivity index (χ1v) is 24.9. The second kappa shape index (κ2) is 19.5. The Morgan fingerprint density at radius 2 is 0.903 bits per heavy atom. The van der Waals surface area contributed by atoms with Crippen molar-refractivity contribution in [1.29, 1.82) is 0 Å². The fourth-order valence-electron chi connectivity index (χ4n) is 10.1. The van der Waals surface area contributed by atoms with E-state index >= 15 is 0 Å². The van der Waals surface area contributed by atoms with Crippen LogP contribution in [0.2, 0.25) is 0 Å². The zero-order valence-corrected chi connectivity index (χ0v) is 45.1. The molecular formula is C66H62N2O3Pt. The number of rotatable bonds is 9. The van der Waals surface area contributed by atoms with Crippen LogP contribution in [0.4, 0.5) is 0 Å². The largest absolute Gasteiger partial charge is 0.507 e. The molecule has 0 saturated heterocycles. The number of hydrogen-bond acceptors (Lipinski definition) is 5. The Morgan fingerprint density at radius 3 is 1.50 bits per heavy atom. The van der Waals surface area contributed by atoms with Gasteiger partial charge in [-0.15, -0.1) is 0 Å². The third-order valence-electron chi connectivity index (χ3n) is 14.0. The Bertz CT molecular complexity index is 3520. The van der Waals surface area contributed by atoms with E-state index in [-0.39, 0.29) is 55.2 Å². The molecule has 0 aliphatic rings. The van der Waals surface area contributed by atoms with Crippen molar-refractivity contribution < 1.29 is 35.7 Å². The van der Waals surface area contributed by atoms with E-state index in [1.54, 1.807) is 12.1 Å². The summed E-state index contributed by atoms with van der Waals surface area (Å²) in [4.78, 5) is 10.6. The number of furan rings is 1. The molecule has 7 aromatic carbocycles. The van der Waals surface area contributed by atoms with Crippen LogP contribution in [0.5, 0.6) is 11.5 Å². The summed E-state index contributed by atoms with van der Waals surface area (Å²) in [7, 11) is 0. The fraction of sp³-hybridized carbons (Fsp3) is 0.212. The summed E-state index contributed by atoms with van der Waals surface area (Å²) in [6.07, 6.45) is 0. The molecule has 0 fully saturated rings. The van der Waals surface area contributed by atoms with Gasteiger partial charge >= 0.3 is 0 Å². The van der Waals surface area contributed by atoms with Crippen molar-refractivity contribution in [2.24, 2.45) is 0 Å². The van der Waals surface area contributed by atoms with Crippen molar-refractivity contribution in [1.82, 2.24) is 9.97 Å². The molecule has 3 aromatic heterocycles. The summed E-state index contributed by atoms with van der Waals surface area (Å²) < 4.78 is 6.34. The van der Waals surface area contributed by atoms with E-state index in [1.807, 2.05) is 54.6 Å². The molecule has 0 spiro atoms. The standard InChI is InChI=1S/C66H62N2O3.Pt/c1-39(2)47-17-13-18-48(40(3)4)64(47)44-35-57(54-38-62-52(37-60(54)70)51-16-11-12-23-61(51)71-62)68-58(36-44)56-22-15-21-55(67-56)53-34-43(28-33-59(53)69)63-49(41-24-29-45(30-25-41)65(5,6)7)19-14-20-50(63)42-26-31-46(32-27-42)66(8,9)10;/h11-40,69-70H,1-10H3;. The molecule has 6 heteroatoms. The molecule has 10 aromatic rings. The van der Waals surface area contributed by atoms with E-state index in [4.69, 9.17) is 14.4 Å². The second-order valence-electron chi connectivity index (χ2n) is 21.7. The predicted molar refractivity (Wildman–Crippen MR) is 296 cm³/mol. The SMILES string of the molecule is CC(C)c1cccc(C(C)C)c1-c1cc(-c2cccc(-c3cc(-c4c(-c5ccc(C(C)(C)C)cc5)cccc4-c4ccc(C(C)(C)C)cc4)ccc3O)n2)nc(-c2cc3oc4ccccc4c3cc2O)c1.[Pt]. The summed E-state index contributed by atoms with van der Waals surface area (Å²) in [5.74, 6) is 0.730. The second-order valence-corrected chi connectivity index (χ2v) is 21.7. The molecule has 364 valence electrons. The van der Waals surface area contributed by atoms with Gasteiger partial charge in [0, 0.05) is 43.0 Å². The van der Waals surface area contributed by atoms with Crippen LogP contribution in [0.3, 0.4) is 0 Å². The van der Waals surface area contributed by atoms with Crippen LogP contribution in [0.15, 0.2) is 174 Å². The van der Waals surface area contributed by atoms with Crippen LogP contribution in [-0.2, 0) is 31.9 Å². The smallest absolute Gasteiger partial charge is 0.136 e. The third-order valence-corrected chi connectivity index (χ3v) is 14.0. The minimum atomic E-state index is 0. The third kappa shape index (κ3) is 9.55. The average Bonchev–Trinajstić information content (AvgIpc) is 3.72. The number of benzene rings is 7. The monoisotopic (exact) mass is 1130 g/mol. The normalized spacial score (nSPS) is 12.0. The zero-order valence-electron chi connectivity index (χ0n) is 42.8. The Morgan fingerprint density at radius 1 is 0.389 bits per heavy atom. The number of pyridine rings is 2. The van der Waals surface area contributed by atoms with E-state index in [1.165, 1.54) is 22.3 Å². The van der Waals surface area contributed by atoms with Crippen molar-refractivity contribution in [2.75, 3.05) is 0 Å². The maximum absolute atomic E-state index is 11.8. The van der Waals surface area contributed by atoms with E-state index in [0.717, 1.165) is 60.9 Å². The van der Waals surface area contributed by atoms with E-state index in [9.17, 15) is 10.2 Å². The number of hydrogen-bond donors (Lipinski definition) is 2. The van der Waals surface area contributed by atoms with Crippen LogP contribution < -0.4 is 0 Å². The Labute approximate surface area is 439 Å². The van der Waals surface area contributed by atoms with Crippen LogP contribution in [0, 0.1) is 0 Å². The van der Waals surface area contributed by atoms with Gasteiger partial charge in [0.05, 0.1) is 22.8 Å². The van der Waals surface area contributed by atoms with Crippen molar-refractivity contribution in [3.8, 4) is 89.9 Å². The number of fused-ring (bicyclic) bond motifs is 3. The maximum Gasteiger partial charge on any atom is 0.136 e. The molecule has 0 atom stereocenters. The van der Waals surface area contributed by atoms with Gasteiger partial charge in [-0.05, 0) is 144 Å². The van der Waals surface area contributed by atoms with Crippen LogP contribution in [0.25, 0.3) is 100 Å². The Hall–Kier alpha value is -7.07. The molecule has 0 amide bonds. The van der Waals surface area contributed by atoms with Gasteiger partial charge in [-0.25, -0.2) is 9.97 Å². The summed E-state index contributed by atoms with van der Waals surface area (Å²) in [5.41, 5.74) is 18.7. The number of phenolic OH excluding ortho intramolecular Hbond substituents is 2. The number of nitrogens with zero attached hydrogens (tertiary/aromatic N) is 2. The molecular weight excluding hydrogens is 1060 g/mol. The van der Waals surface area contributed by atoms with E-state index < -0.39 is 0 Å². The van der Waals surface area contributed by atoms with Gasteiger partial charge in [0.25, 0.3) is 0 Å². The number of para-hydroxylation sites is 1. The van der Waals surface area contributed by atoms with Gasteiger partial charge in [-0.3, -0.25) is 0 Å². The first-order chi connectivity index (χ1) is 33.9. The molecule has 0 bridgehead atoms. The van der Waals surface area contributed by atoms with Gasteiger partial charge in [-0.2, -0.15) is 0 Å². The van der Waals surface area contributed by atoms with Crippen molar-refractivity contribution >= 4 is 21.9 Å². The van der Waals surface area contributed by atoms with Crippen molar-refractivity contribution in [3.63, 3.8) is 0 Å². The van der Waals surface area contributed by atoms with Crippen LogP contribution in [-0.4, -0.2) is 20.2 Å². The van der Waals surface area contributed by atoms with Gasteiger partial charge in [-0.1, -0.05) is 184 Å². The molecule has 0 aliphatic carbocycles. The summed E-state index contributed by atoms with van der Waals surface area (Å²) >= 11 is 0. The minimum Gasteiger partial charge on any atom is -0.507 e. The molecule has 0 saturated carbocycles. The molecule has 0 unspecified atom stereocenters. The van der Waals surface area contributed by atoms with Crippen molar-refractivity contribution in [3.05, 3.63) is 192 Å². The first kappa shape index (κ1) is 49.9. The molecule has 10 rings (SSSR count). The summed E-state index contributed by atoms with van der Waals surface area (Å²) in [5, 5.41) is 25.4. The number of phenols is 2. The average molecular weight is 1130 g/mol. The number of aromatic nitrogens is 2. The summed E-state index contributed by atoms with van der Waals surface area (Å²) in [6.45, 7) is 22.4. The summed E-state index contributed by atoms with van der Waals surface area (Å²) in [6, 6.07) is 58.5. The topological polar surface area (TPSA) is 79.4 Å². The van der Waals surface area contributed by atoms with Crippen molar-refractivity contribution in [2.45, 2.75) is 91.9 Å². The van der Waals surface area contributed by atoms with E-state index in [0.29, 0.717) is 39.5 Å². The molecule has 3 heterocycles. The Balaban J connectivity index is 0.00000640. The Kier molecular flexibility index (Phi) is 13.5. The van der Waals surface area contributed by atoms with Crippen LogP contribution >= 0.6 is 0 Å². The number of aromatic hydroxyl groups is 2. The van der Waals surface area contributed by atoms with Crippen LogP contribution in [0.1, 0.15) is 103 Å². The van der Waals surface area contributed by atoms with E-state index in [2.05, 4.69) is 172 Å². The van der Waals surface area contributed by atoms with Gasteiger partial charge in [0.1, 0.15) is 22.7 Å². The van der Waals surface area contributed by atoms with Gasteiger partial charge in [0.15, 0.2) is 0 Å². The molecule has 5 nitrogen and oxygen atoms in total. The molecule has 2 N–H and O–H groups in total.